The van der Waals surface area contributed by atoms with Crippen molar-refractivity contribution < 1.29 is 13.2 Å². The number of rotatable bonds is 7. The average Bonchev–Trinajstić information content (AvgIpc) is 3.27. The highest BCUT2D eigenvalue weighted by atomic mass is 32.2. The molecule has 1 aliphatic rings. The van der Waals surface area contributed by atoms with E-state index >= 15 is 0 Å². The molecule has 186 valence electrons. The van der Waals surface area contributed by atoms with Gasteiger partial charge in [0.25, 0.3) is 15.9 Å². The maximum absolute atomic E-state index is 13.2. The number of nitrogens with two attached hydrogens (primary N) is 1. The molecule has 3 aromatic rings. The van der Waals surface area contributed by atoms with Crippen molar-refractivity contribution in [3.05, 3.63) is 42.5 Å². The number of sulfonamides is 1. The molecule has 0 unspecified atom stereocenters. The van der Waals surface area contributed by atoms with E-state index in [1.165, 1.54) is 12.4 Å². The molecule has 1 aliphatic heterocycles. The van der Waals surface area contributed by atoms with E-state index in [0.717, 1.165) is 24.9 Å². The number of amides is 1. The van der Waals surface area contributed by atoms with E-state index in [1.807, 2.05) is 15.8 Å². The number of nitrogens with one attached hydrogen (secondary N) is 1. The Morgan fingerprint density at radius 1 is 1.20 bits per heavy atom. The summed E-state index contributed by atoms with van der Waals surface area (Å²) < 4.78 is 29.5. The van der Waals surface area contributed by atoms with Crippen LogP contribution in [0.3, 0.4) is 0 Å². The van der Waals surface area contributed by atoms with Crippen LogP contribution in [-0.4, -0.2) is 52.1 Å². The van der Waals surface area contributed by atoms with Crippen LogP contribution >= 0.6 is 0 Å². The summed E-state index contributed by atoms with van der Waals surface area (Å²) in [4.78, 5) is 27.5. The van der Waals surface area contributed by atoms with Gasteiger partial charge in [0.15, 0.2) is 5.82 Å². The molecule has 4 rings (SSSR count). The van der Waals surface area contributed by atoms with Crippen molar-refractivity contribution in [2.75, 3.05) is 23.7 Å². The van der Waals surface area contributed by atoms with Crippen LogP contribution in [0.5, 0.6) is 0 Å². The minimum Gasteiger partial charge on any atom is -0.381 e. The monoisotopic (exact) mass is 498 g/mol. The predicted octanol–water partition coefficient (Wildman–Crippen LogP) is 2.33. The number of hydrogen-bond acceptors (Lipinski definition) is 9. The lowest BCUT2D eigenvalue weighted by Crippen LogP contribution is -2.37. The van der Waals surface area contributed by atoms with Crippen molar-refractivity contribution in [2.24, 2.45) is 11.8 Å². The highest BCUT2D eigenvalue weighted by Gasteiger charge is 2.28. The summed E-state index contributed by atoms with van der Waals surface area (Å²) in [5.74, 6) is 0.355. The van der Waals surface area contributed by atoms with E-state index in [4.69, 9.17) is 10.7 Å². The van der Waals surface area contributed by atoms with E-state index in [-0.39, 0.29) is 11.4 Å². The zero-order valence-electron chi connectivity index (χ0n) is 20.0. The molecule has 0 aliphatic carbocycles. The molecule has 0 saturated carbocycles. The maximum atomic E-state index is 13.2. The molecule has 1 saturated heterocycles. The second-order valence-corrected chi connectivity index (χ2v) is 10.9. The topological polar surface area (TPSA) is 149 Å². The number of carbonyl (C=O) groups excluding carboxylic acids is 1. The summed E-state index contributed by atoms with van der Waals surface area (Å²) in [5, 5.41) is 3.92. The van der Waals surface area contributed by atoms with Crippen LogP contribution in [0.4, 0.5) is 11.6 Å². The van der Waals surface area contributed by atoms with Gasteiger partial charge in [-0.2, -0.15) is 13.5 Å². The Bertz CT molecular complexity index is 1310. The van der Waals surface area contributed by atoms with Crippen molar-refractivity contribution in [2.45, 2.75) is 45.2 Å². The van der Waals surface area contributed by atoms with Crippen LogP contribution < -0.4 is 15.4 Å². The summed E-state index contributed by atoms with van der Waals surface area (Å²) in [7, 11) is -4.32. The third-order valence-electron chi connectivity index (χ3n) is 5.86. The van der Waals surface area contributed by atoms with Gasteiger partial charge in [0, 0.05) is 43.8 Å². The van der Waals surface area contributed by atoms with Crippen LogP contribution in [0.2, 0.25) is 0 Å². The van der Waals surface area contributed by atoms with Crippen LogP contribution in [0, 0.1) is 11.8 Å². The van der Waals surface area contributed by atoms with Crippen LogP contribution in [-0.2, 0) is 16.6 Å². The minimum absolute atomic E-state index is 0.156. The van der Waals surface area contributed by atoms with E-state index < -0.39 is 21.0 Å². The maximum Gasteiger partial charge on any atom is 0.285 e. The lowest BCUT2D eigenvalue weighted by molar-refractivity contribution is 0.0981. The normalized spacial score (nSPS) is 14.9. The number of hydrogen-bond donors (Lipinski definition) is 2. The summed E-state index contributed by atoms with van der Waals surface area (Å²) >= 11 is 0. The second kappa shape index (κ2) is 9.98. The van der Waals surface area contributed by atoms with Crippen molar-refractivity contribution >= 4 is 27.6 Å². The first kappa shape index (κ1) is 24.6. The molecule has 0 spiro atoms. The lowest BCUT2D eigenvalue weighted by Gasteiger charge is -2.32. The third-order valence-corrected chi connectivity index (χ3v) is 7.13. The number of anilines is 2. The first-order valence-corrected chi connectivity index (χ1v) is 13.0. The van der Waals surface area contributed by atoms with Crippen molar-refractivity contribution in [1.82, 2.24) is 29.5 Å². The Labute approximate surface area is 204 Å². The molecule has 35 heavy (non-hydrogen) atoms. The quantitative estimate of drug-likeness (QED) is 0.500. The summed E-state index contributed by atoms with van der Waals surface area (Å²) in [6.07, 6.45) is 8.05. The van der Waals surface area contributed by atoms with Gasteiger partial charge < -0.3 is 10.6 Å². The highest BCUT2D eigenvalue weighted by molar-refractivity contribution is 7.90. The van der Waals surface area contributed by atoms with E-state index in [2.05, 4.69) is 40.6 Å². The van der Waals surface area contributed by atoms with Gasteiger partial charge in [-0.15, -0.1) is 0 Å². The Balaban J connectivity index is 1.68. The molecule has 3 aromatic heterocycles. The highest BCUT2D eigenvalue weighted by Crippen LogP contribution is 2.28. The summed E-state index contributed by atoms with van der Waals surface area (Å²) in [5.41, 5.74) is 7.30. The molecule has 0 aromatic carbocycles. The fraction of sp³-hybridized carbons (Fsp3) is 0.435. The molecule has 11 nitrogen and oxygen atoms in total. The number of nitrogen functional groups attached to an aromatic ring is 1. The Morgan fingerprint density at radius 3 is 2.60 bits per heavy atom. The van der Waals surface area contributed by atoms with E-state index in [0.29, 0.717) is 36.4 Å². The number of pyridine rings is 1. The Morgan fingerprint density at radius 2 is 1.91 bits per heavy atom. The van der Waals surface area contributed by atoms with Crippen LogP contribution in [0.1, 0.15) is 44.0 Å². The van der Waals surface area contributed by atoms with Gasteiger partial charge >= 0.3 is 0 Å². The molecule has 0 radical (unpaired) electrons. The largest absolute Gasteiger partial charge is 0.381 e. The van der Waals surface area contributed by atoms with Crippen LogP contribution in [0.15, 0.2) is 41.9 Å². The first-order valence-electron chi connectivity index (χ1n) is 11.6. The van der Waals surface area contributed by atoms with Gasteiger partial charge in [-0.25, -0.2) is 19.7 Å². The van der Waals surface area contributed by atoms with Crippen molar-refractivity contribution in [3.63, 3.8) is 0 Å². The zero-order chi connectivity index (χ0) is 25.2. The Hall–Kier alpha value is -3.54. The fourth-order valence-corrected chi connectivity index (χ4v) is 4.96. The van der Waals surface area contributed by atoms with Crippen molar-refractivity contribution in [3.8, 4) is 11.3 Å². The van der Waals surface area contributed by atoms with Gasteiger partial charge in [-0.1, -0.05) is 20.8 Å². The van der Waals surface area contributed by atoms with Gasteiger partial charge in [0.2, 0.25) is 5.03 Å². The number of nitrogens with zero attached hydrogens (tertiary/aromatic N) is 6. The molecular weight excluding hydrogens is 468 g/mol. The fourth-order valence-electron chi connectivity index (χ4n) is 3.99. The molecule has 4 heterocycles. The van der Waals surface area contributed by atoms with Crippen molar-refractivity contribution in [1.29, 1.82) is 0 Å². The molecule has 1 amide bonds. The number of piperidine rings is 1. The minimum atomic E-state index is -4.32. The molecule has 0 atom stereocenters. The Kier molecular flexibility index (Phi) is 7.01. The predicted molar refractivity (Wildman–Crippen MR) is 132 cm³/mol. The number of carbonyl (C=O) groups is 1. The SMILES string of the molecule is CC(C)Cn1cc(-c2ccc(C(=O)NS(=O)(=O)c3nccnc3N)c(N3CCC(C)CC3)n2)cn1. The van der Waals surface area contributed by atoms with Gasteiger partial charge in [0.05, 0.1) is 17.5 Å². The van der Waals surface area contributed by atoms with Gasteiger partial charge in [-0.3, -0.25) is 9.48 Å². The van der Waals surface area contributed by atoms with Gasteiger partial charge in [0.1, 0.15) is 5.82 Å². The third kappa shape index (κ3) is 5.59. The number of aromatic nitrogens is 5. The van der Waals surface area contributed by atoms with Gasteiger partial charge in [-0.05, 0) is 36.8 Å². The second-order valence-electron chi connectivity index (χ2n) is 9.26. The van der Waals surface area contributed by atoms with E-state index in [9.17, 15) is 13.2 Å². The molecule has 3 N–H and O–H groups in total. The average molecular weight is 499 g/mol. The lowest BCUT2D eigenvalue weighted by atomic mass is 9.99. The summed E-state index contributed by atoms with van der Waals surface area (Å²) in [6, 6.07) is 3.30. The molecule has 0 bridgehead atoms. The zero-order valence-corrected chi connectivity index (χ0v) is 20.9. The molecular formula is C23H30N8O3S. The first-order chi connectivity index (χ1) is 16.6. The molecule has 1 fully saturated rings. The van der Waals surface area contributed by atoms with Crippen LogP contribution in [0.25, 0.3) is 11.3 Å². The standard InChI is InChI=1S/C23H30N8O3S/c1-15(2)13-31-14-17(12-27-31)19-5-4-18(21(28-19)30-10-6-16(3)7-11-30)22(32)29-35(33,34)23-20(24)25-8-9-26-23/h4-5,8-9,12,14-16H,6-7,10-11,13H2,1-3H3,(H2,24,25)(H,29,32). The summed E-state index contributed by atoms with van der Waals surface area (Å²) in [6.45, 7) is 8.63. The smallest absolute Gasteiger partial charge is 0.285 e. The molecule has 12 heteroatoms. The van der Waals surface area contributed by atoms with E-state index in [1.54, 1.807) is 18.3 Å².